The molecule has 0 bridgehead atoms. The van der Waals surface area contributed by atoms with Gasteiger partial charge in [-0.1, -0.05) is 11.6 Å². The van der Waals surface area contributed by atoms with E-state index in [0.717, 1.165) is 12.3 Å². The van der Waals surface area contributed by atoms with E-state index >= 15 is 0 Å². The first-order valence-corrected chi connectivity index (χ1v) is 6.79. The highest BCUT2D eigenvalue weighted by Crippen LogP contribution is 2.24. The Morgan fingerprint density at radius 2 is 2.43 bits per heavy atom. The van der Waals surface area contributed by atoms with Crippen LogP contribution in [0.2, 0.25) is 5.15 Å². The average molecular weight is 315 g/mol. The van der Waals surface area contributed by atoms with Crippen LogP contribution in [0.15, 0.2) is 12.3 Å². The Hall–Kier alpha value is -1.77. The predicted molar refractivity (Wildman–Crippen MR) is 75.2 cm³/mol. The zero-order chi connectivity index (χ0) is 15.6. The highest BCUT2D eigenvalue weighted by molar-refractivity contribution is 6.32. The lowest BCUT2D eigenvalue weighted by atomic mass is 9.83. The maximum atomic E-state index is 12.2. The number of ether oxygens (including phenoxy) is 1. The molecule has 1 aromatic heterocycles. The van der Waals surface area contributed by atoms with Crippen LogP contribution in [0.1, 0.15) is 23.7 Å². The summed E-state index contributed by atoms with van der Waals surface area (Å²) in [4.78, 5) is 25.9. The summed E-state index contributed by atoms with van der Waals surface area (Å²) in [7, 11) is 0. The van der Waals surface area contributed by atoms with Gasteiger partial charge in [-0.3, -0.25) is 14.9 Å². The van der Waals surface area contributed by atoms with Gasteiger partial charge < -0.3 is 15.8 Å². The summed E-state index contributed by atoms with van der Waals surface area (Å²) in [5, 5.41) is 13.3. The van der Waals surface area contributed by atoms with Crippen molar-refractivity contribution in [3.8, 4) is 0 Å². The lowest BCUT2D eigenvalue weighted by Gasteiger charge is -2.42. The quantitative estimate of drug-likeness (QED) is 0.473. The van der Waals surface area contributed by atoms with Gasteiger partial charge in [0.2, 0.25) is 0 Å². The van der Waals surface area contributed by atoms with E-state index in [1.54, 1.807) is 0 Å². The standard InChI is InChI=1S/C12H15ClN4O4/c1-2-21-9-4-8(14)10(9)16-12(18)7-3-6(17(19)20)5-15-11(7)13/h3,5,8-10H,2,4,14H2,1H3,(H,16,18). The fraction of sp³-hybridized carbons (Fsp3) is 0.500. The Balaban J connectivity index is 2.13. The van der Waals surface area contributed by atoms with Gasteiger partial charge in [0.05, 0.1) is 22.6 Å². The molecular formula is C12H15ClN4O4. The zero-order valence-corrected chi connectivity index (χ0v) is 12.0. The van der Waals surface area contributed by atoms with Crippen molar-refractivity contribution in [1.29, 1.82) is 0 Å². The molecule has 8 nitrogen and oxygen atoms in total. The number of carbonyl (C=O) groups is 1. The van der Waals surface area contributed by atoms with Crippen molar-refractivity contribution in [2.24, 2.45) is 5.73 Å². The Kier molecular flexibility index (Phi) is 4.71. The van der Waals surface area contributed by atoms with Gasteiger partial charge in [-0.15, -0.1) is 0 Å². The minimum absolute atomic E-state index is 0.0554. The summed E-state index contributed by atoms with van der Waals surface area (Å²) in [6.07, 6.45) is 1.50. The van der Waals surface area contributed by atoms with Gasteiger partial charge in [0.15, 0.2) is 0 Å². The van der Waals surface area contributed by atoms with Gasteiger partial charge in [-0.2, -0.15) is 0 Å². The zero-order valence-electron chi connectivity index (χ0n) is 11.3. The molecule has 9 heteroatoms. The molecule has 21 heavy (non-hydrogen) atoms. The van der Waals surface area contributed by atoms with Crippen LogP contribution in [-0.2, 0) is 4.74 Å². The van der Waals surface area contributed by atoms with Crippen LogP contribution >= 0.6 is 11.6 Å². The summed E-state index contributed by atoms with van der Waals surface area (Å²) >= 11 is 5.82. The number of nitro groups is 1. The van der Waals surface area contributed by atoms with E-state index in [4.69, 9.17) is 22.1 Å². The number of nitrogens with zero attached hydrogens (tertiary/aromatic N) is 2. The molecular weight excluding hydrogens is 300 g/mol. The smallest absolute Gasteiger partial charge is 0.288 e. The van der Waals surface area contributed by atoms with Crippen LogP contribution in [0, 0.1) is 10.1 Å². The normalized spacial score (nSPS) is 24.2. The van der Waals surface area contributed by atoms with Gasteiger partial charge in [0, 0.05) is 18.7 Å². The largest absolute Gasteiger partial charge is 0.376 e. The van der Waals surface area contributed by atoms with Gasteiger partial charge in [-0.05, 0) is 13.3 Å². The number of amides is 1. The van der Waals surface area contributed by atoms with Gasteiger partial charge >= 0.3 is 0 Å². The lowest BCUT2D eigenvalue weighted by molar-refractivity contribution is -0.385. The molecule has 1 amide bonds. The molecule has 3 N–H and O–H groups in total. The van der Waals surface area contributed by atoms with Crippen molar-refractivity contribution in [3.63, 3.8) is 0 Å². The van der Waals surface area contributed by atoms with E-state index in [1.165, 1.54) is 0 Å². The molecule has 1 aliphatic rings. The van der Waals surface area contributed by atoms with Crippen LogP contribution in [0.4, 0.5) is 5.69 Å². The van der Waals surface area contributed by atoms with Crippen molar-refractivity contribution < 1.29 is 14.5 Å². The first-order valence-electron chi connectivity index (χ1n) is 6.42. The van der Waals surface area contributed by atoms with E-state index in [9.17, 15) is 14.9 Å². The summed E-state index contributed by atoms with van der Waals surface area (Å²) in [6.45, 7) is 2.37. The van der Waals surface area contributed by atoms with Crippen molar-refractivity contribution in [3.05, 3.63) is 33.1 Å². The summed E-state index contributed by atoms with van der Waals surface area (Å²) in [6, 6.07) is 0.536. The number of hydrogen-bond donors (Lipinski definition) is 2. The van der Waals surface area contributed by atoms with Crippen LogP contribution in [0.3, 0.4) is 0 Å². The van der Waals surface area contributed by atoms with Crippen molar-refractivity contribution in [2.75, 3.05) is 6.61 Å². The topological polar surface area (TPSA) is 120 Å². The molecule has 0 spiro atoms. The predicted octanol–water partition coefficient (Wildman–Crippen LogP) is 0.878. The van der Waals surface area contributed by atoms with E-state index in [2.05, 4.69) is 10.3 Å². The van der Waals surface area contributed by atoms with Gasteiger partial charge in [-0.25, -0.2) is 4.98 Å². The van der Waals surface area contributed by atoms with Crippen LogP contribution in [0.25, 0.3) is 0 Å². The second kappa shape index (κ2) is 6.33. The second-order valence-electron chi connectivity index (χ2n) is 4.68. The molecule has 0 saturated heterocycles. The minimum atomic E-state index is -0.641. The number of halogens is 1. The molecule has 1 fully saturated rings. The van der Waals surface area contributed by atoms with Crippen LogP contribution in [0.5, 0.6) is 0 Å². The third-order valence-corrected chi connectivity index (χ3v) is 3.63. The Bertz CT molecular complexity index is 566. The Morgan fingerprint density at radius 3 is 3.00 bits per heavy atom. The number of carbonyl (C=O) groups excluding carboxylic acids is 1. The Labute approximate surface area is 125 Å². The van der Waals surface area contributed by atoms with Crippen molar-refractivity contribution in [2.45, 2.75) is 31.5 Å². The average Bonchev–Trinajstić information content (AvgIpc) is 2.44. The number of rotatable bonds is 5. The molecule has 114 valence electrons. The maximum Gasteiger partial charge on any atom is 0.288 e. The van der Waals surface area contributed by atoms with E-state index in [0.29, 0.717) is 13.0 Å². The highest BCUT2D eigenvalue weighted by atomic mass is 35.5. The number of pyridine rings is 1. The molecule has 0 radical (unpaired) electrons. The van der Waals surface area contributed by atoms with Gasteiger partial charge in [0.1, 0.15) is 11.3 Å². The number of nitrogens with two attached hydrogens (primary N) is 1. The molecule has 0 aliphatic heterocycles. The monoisotopic (exact) mass is 314 g/mol. The number of hydrogen-bond acceptors (Lipinski definition) is 6. The third kappa shape index (κ3) is 3.29. The molecule has 1 heterocycles. The Morgan fingerprint density at radius 1 is 1.71 bits per heavy atom. The summed E-state index contributed by atoms with van der Waals surface area (Å²) in [5.74, 6) is -0.555. The fourth-order valence-corrected chi connectivity index (χ4v) is 2.34. The molecule has 3 atom stereocenters. The second-order valence-corrected chi connectivity index (χ2v) is 5.04. The molecule has 0 aromatic carbocycles. The fourth-order valence-electron chi connectivity index (χ4n) is 2.15. The third-order valence-electron chi connectivity index (χ3n) is 3.32. The van der Waals surface area contributed by atoms with Crippen LogP contribution < -0.4 is 11.1 Å². The lowest BCUT2D eigenvalue weighted by Crippen LogP contribution is -2.64. The van der Waals surface area contributed by atoms with E-state index < -0.39 is 10.8 Å². The SMILES string of the molecule is CCOC1CC(N)C1NC(=O)c1cc([N+](=O)[O-])cnc1Cl. The molecule has 1 aromatic rings. The molecule has 3 unspecified atom stereocenters. The minimum Gasteiger partial charge on any atom is -0.376 e. The first-order chi connectivity index (χ1) is 9.93. The van der Waals surface area contributed by atoms with Crippen molar-refractivity contribution in [1.82, 2.24) is 10.3 Å². The summed E-state index contributed by atoms with van der Waals surface area (Å²) in [5.41, 5.74) is 5.48. The number of nitrogens with one attached hydrogen (secondary N) is 1. The van der Waals surface area contributed by atoms with Gasteiger partial charge in [0.25, 0.3) is 11.6 Å². The summed E-state index contributed by atoms with van der Waals surface area (Å²) < 4.78 is 5.44. The number of aromatic nitrogens is 1. The molecule has 1 aliphatic carbocycles. The highest BCUT2D eigenvalue weighted by Gasteiger charge is 2.40. The van der Waals surface area contributed by atoms with E-state index in [1.807, 2.05) is 6.92 Å². The molecule has 1 saturated carbocycles. The van der Waals surface area contributed by atoms with E-state index in [-0.39, 0.29) is 34.6 Å². The first kappa shape index (κ1) is 15.6. The van der Waals surface area contributed by atoms with Crippen molar-refractivity contribution >= 4 is 23.2 Å². The maximum absolute atomic E-state index is 12.2. The van der Waals surface area contributed by atoms with Crippen LogP contribution in [-0.4, -0.2) is 40.6 Å². The molecule has 2 rings (SSSR count).